The predicted octanol–water partition coefficient (Wildman–Crippen LogP) is 4.43. The van der Waals surface area contributed by atoms with Crippen LogP contribution in [-0.4, -0.2) is 24.6 Å². The summed E-state index contributed by atoms with van der Waals surface area (Å²) >= 11 is 5.19. The quantitative estimate of drug-likeness (QED) is 0.362. The average Bonchev–Trinajstić information content (AvgIpc) is 2.55. The van der Waals surface area contributed by atoms with Gasteiger partial charge in [0.25, 0.3) is 0 Å². The summed E-state index contributed by atoms with van der Waals surface area (Å²) in [6.07, 6.45) is 3.00. The van der Waals surface area contributed by atoms with E-state index in [1.807, 2.05) is 42.3 Å². The van der Waals surface area contributed by atoms with E-state index in [0.717, 1.165) is 23.1 Å². The molecule has 0 radical (unpaired) electrons. The van der Waals surface area contributed by atoms with Gasteiger partial charge in [-0.3, -0.25) is 0 Å². The van der Waals surface area contributed by atoms with Crippen molar-refractivity contribution in [3.05, 3.63) is 54.1 Å². The molecule has 22 heavy (non-hydrogen) atoms. The number of guanidine groups is 1. The standard InChI is InChI=1S/C17H20BrN3S/c1-21(16-9-4-3-6-13(16)10-11-18)17(19)20-14-7-5-8-15(12-14)22-2/h3-9,12H,10-11H2,1-2H3,(H2,19,20). The number of hydrogen-bond acceptors (Lipinski definition) is 2. The van der Waals surface area contributed by atoms with E-state index in [4.69, 9.17) is 5.73 Å². The van der Waals surface area contributed by atoms with Gasteiger partial charge in [0.15, 0.2) is 0 Å². The van der Waals surface area contributed by atoms with Crippen LogP contribution in [0.3, 0.4) is 0 Å². The van der Waals surface area contributed by atoms with Gasteiger partial charge in [-0.05, 0) is 42.5 Å². The second-order valence-corrected chi connectivity index (χ2v) is 6.47. The fourth-order valence-corrected chi connectivity index (χ4v) is 3.04. The first-order valence-electron chi connectivity index (χ1n) is 7.01. The van der Waals surface area contributed by atoms with Crippen LogP contribution in [-0.2, 0) is 6.42 Å². The number of benzene rings is 2. The molecule has 0 aliphatic heterocycles. The summed E-state index contributed by atoms with van der Waals surface area (Å²) in [5.41, 5.74) is 9.40. The van der Waals surface area contributed by atoms with Crippen molar-refractivity contribution >= 4 is 45.0 Å². The zero-order valence-corrected chi connectivity index (χ0v) is 15.2. The molecule has 2 rings (SSSR count). The number of aryl methyl sites for hydroxylation is 1. The van der Waals surface area contributed by atoms with Crippen molar-refractivity contribution < 1.29 is 0 Å². The summed E-state index contributed by atoms with van der Waals surface area (Å²) < 4.78 is 0. The van der Waals surface area contributed by atoms with E-state index in [-0.39, 0.29) is 0 Å². The number of halogens is 1. The van der Waals surface area contributed by atoms with Gasteiger partial charge in [-0.15, -0.1) is 11.8 Å². The Kier molecular flexibility index (Phi) is 6.34. The van der Waals surface area contributed by atoms with Crippen molar-refractivity contribution in [2.45, 2.75) is 11.3 Å². The predicted molar refractivity (Wildman–Crippen MR) is 102 cm³/mol. The first-order chi connectivity index (χ1) is 10.7. The highest BCUT2D eigenvalue weighted by molar-refractivity contribution is 9.09. The molecule has 2 aromatic carbocycles. The molecular formula is C17H20BrN3S. The fraction of sp³-hybridized carbons (Fsp3) is 0.235. The molecule has 0 saturated heterocycles. The molecule has 3 nitrogen and oxygen atoms in total. The number of thioether (sulfide) groups is 1. The number of nitrogens with zero attached hydrogens (tertiary/aromatic N) is 2. The zero-order valence-electron chi connectivity index (χ0n) is 12.8. The molecule has 0 bridgehead atoms. The molecule has 0 amide bonds. The van der Waals surface area contributed by atoms with E-state index in [1.54, 1.807) is 11.8 Å². The Morgan fingerprint density at radius 3 is 2.73 bits per heavy atom. The van der Waals surface area contributed by atoms with Gasteiger partial charge in [0.2, 0.25) is 5.96 Å². The molecule has 0 spiro atoms. The lowest BCUT2D eigenvalue weighted by molar-refractivity contribution is 1.12. The summed E-state index contributed by atoms with van der Waals surface area (Å²) in [4.78, 5) is 7.65. The number of rotatable bonds is 5. The first kappa shape index (κ1) is 16.9. The van der Waals surface area contributed by atoms with E-state index in [9.17, 15) is 0 Å². The molecule has 0 fully saturated rings. The third-order valence-electron chi connectivity index (χ3n) is 3.36. The molecule has 2 aromatic rings. The monoisotopic (exact) mass is 377 g/mol. The Balaban J connectivity index is 2.28. The molecule has 0 atom stereocenters. The van der Waals surface area contributed by atoms with Gasteiger partial charge in [-0.1, -0.05) is 40.2 Å². The van der Waals surface area contributed by atoms with E-state index >= 15 is 0 Å². The Bertz CT molecular complexity index is 658. The highest BCUT2D eigenvalue weighted by Gasteiger charge is 2.10. The van der Waals surface area contributed by atoms with Crippen LogP contribution in [0.2, 0.25) is 0 Å². The molecule has 0 aliphatic carbocycles. The van der Waals surface area contributed by atoms with Crippen LogP contribution in [0.5, 0.6) is 0 Å². The van der Waals surface area contributed by atoms with Crippen LogP contribution in [0.4, 0.5) is 11.4 Å². The average molecular weight is 378 g/mol. The molecule has 116 valence electrons. The molecule has 0 heterocycles. The van der Waals surface area contributed by atoms with Gasteiger partial charge in [0.1, 0.15) is 0 Å². The minimum absolute atomic E-state index is 0.486. The van der Waals surface area contributed by atoms with E-state index in [2.05, 4.69) is 45.4 Å². The van der Waals surface area contributed by atoms with Crippen molar-refractivity contribution in [3.8, 4) is 0 Å². The van der Waals surface area contributed by atoms with Gasteiger partial charge in [0, 0.05) is 23.0 Å². The number of para-hydroxylation sites is 1. The van der Waals surface area contributed by atoms with E-state index < -0.39 is 0 Å². The number of alkyl halides is 1. The largest absolute Gasteiger partial charge is 0.369 e. The minimum Gasteiger partial charge on any atom is -0.369 e. The summed E-state index contributed by atoms with van der Waals surface area (Å²) in [5.74, 6) is 0.486. The van der Waals surface area contributed by atoms with Crippen LogP contribution < -0.4 is 10.6 Å². The van der Waals surface area contributed by atoms with Crippen molar-refractivity contribution in [3.63, 3.8) is 0 Å². The Morgan fingerprint density at radius 2 is 2.00 bits per heavy atom. The van der Waals surface area contributed by atoms with Crippen LogP contribution in [0.25, 0.3) is 0 Å². The topological polar surface area (TPSA) is 41.6 Å². The number of anilines is 1. The van der Waals surface area contributed by atoms with Crippen molar-refractivity contribution in [1.29, 1.82) is 0 Å². The second-order valence-electron chi connectivity index (χ2n) is 4.80. The second kappa shape index (κ2) is 8.25. The summed E-state index contributed by atoms with van der Waals surface area (Å²) in [7, 11) is 1.95. The summed E-state index contributed by atoms with van der Waals surface area (Å²) in [5, 5.41) is 0.921. The van der Waals surface area contributed by atoms with E-state index in [0.29, 0.717) is 5.96 Å². The van der Waals surface area contributed by atoms with Crippen LogP contribution in [0.1, 0.15) is 5.56 Å². The zero-order chi connectivity index (χ0) is 15.9. The highest BCUT2D eigenvalue weighted by atomic mass is 79.9. The Hall–Kier alpha value is -1.46. The van der Waals surface area contributed by atoms with Crippen LogP contribution >= 0.6 is 27.7 Å². The Morgan fingerprint density at radius 1 is 1.23 bits per heavy atom. The molecule has 0 unspecified atom stereocenters. The molecule has 2 N–H and O–H groups in total. The fourth-order valence-electron chi connectivity index (χ4n) is 2.16. The van der Waals surface area contributed by atoms with Crippen LogP contribution in [0.15, 0.2) is 58.4 Å². The first-order valence-corrected chi connectivity index (χ1v) is 9.36. The molecule has 5 heteroatoms. The molecule has 0 saturated carbocycles. The number of hydrogen-bond donors (Lipinski definition) is 1. The number of aliphatic imine (C=N–C) groups is 1. The summed E-state index contributed by atoms with van der Waals surface area (Å²) in [6.45, 7) is 0. The maximum Gasteiger partial charge on any atom is 0.200 e. The van der Waals surface area contributed by atoms with E-state index in [1.165, 1.54) is 10.5 Å². The van der Waals surface area contributed by atoms with Crippen LogP contribution in [0, 0.1) is 0 Å². The van der Waals surface area contributed by atoms with Gasteiger partial charge < -0.3 is 10.6 Å². The smallest absolute Gasteiger partial charge is 0.200 e. The molecule has 0 aromatic heterocycles. The lowest BCUT2D eigenvalue weighted by Gasteiger charge is -2.21. The maximum absolute atomic E-state index is 6.20. The van der Waals surface area contributed by atoms with Crippen molar-refractivity contribution in [2.24, 2.45) is 10.7 Å². The van der Waals surface area contributed by atoms with Gasteiger partial charge >= 0.3 is 0 Å². The molecule has 0 aliphatic rings. The SMILES string of the molecule is CSc1cccc(N=C(N)N(C)c2ccccc2CCBr)c1. The van der Waals surface area contributed by atoms with Gasteiger partial charge in [-0.25, -0.2) is 4.99 Å². The minimum atomic E-state index is 0.486. The maximum atomic E-state index is 6.20. The third kappa shape index (κ3) is 4.27. The summed E-state index contributed by atoms with van der Waals surface area (Å²) in [6, 6.07) is 16.3. The van der Waals surface area contributed by atoms with Crippen molar-refractivity contribution in [2.75, 3.05) is 23.5 Å². The highest BCUT2D eigenvalue weighted by Crippen LogP contribution is 2.23. The number of nitrogens with two attached hydrogens (primary N) is 1. The lowest BCUT2D eigenvalue weighted by Crippen LogP contribution is -2.34. The Labute approximate surface area is 144 Å². The normalized spacial score (nSPS) is 11.5. The van der Waals surface area contributed by atoms with Gasteiger partial charge in [-0.2, -0.15) is 0 Å². The third-order valence-corrected chi connectivity index (χ3v) is 4.48. The molecular weight excluding hydrogens is 358 g/mol. The van der Waals surface area contributed by atoms with Gasteiger partial charge in [0.05, 0.1) is 5.69 Å². The lowest BCUT2D eigenvalue weighted by atomic mass is 10.1. The van der Waals surface area contributed by atoms with Crippen molar-refractivity contribution in [1.82, 2.24) is 0 Å².